The molecule has 5 heterocycles. The number of pyridine rings is 2. The highest BCUT2D eigenvalue weighted by molar-refractivity contribution is 7.08. The van der Waals surface area contributed by atoms with Gasteiger partial charge in [0.2, 0.25) is 0 Å². The van der Waals surface area contributed by atoms with Crippen LogP contribution in [0.1, 0.15) is 0 Å². The smallest absolute Gasteiger partial charge is 0.116 e. The molecule has 1 aromatic carbocycles. The summed E-state index contributed by atoms with van der Waals surface area (Å²) < 4.78 is 0. The van der Waals surface area contributed by atoms with E-state index in [0.29, 0.717) is 0 Å². The summed E-state index contributed by atoms with van der Waals surface area (Å²) in [7, 11) is 0. The lowest BCUT2D eigenvalue weighted by atomic mass is 10.0. The van der Waals surface area contributed by atoms with Gasteiger partial charge in [0.25, 0.3) is 0 Å². The Balaban J connectivity index is 1.53. The molecule has 0 fully saturated rings. The van der Waals surface area contributed by atoms with Crippen LogP contribution in [0.4, 0.5) is 0 Å². The summed E-state index contributed by atoms with van der Waals surface area (Å²) in [5, 5.41) is 14.2. The predicted molar refractivity (Wildman–Crippen MR) is 118 cm³/mol. The molecule has 138 valence electrons. The Hall–Kier alpha value is -3.77. The van der Waals surface area contributed by atoms with Crippen molar-refractivity contribution in [3.8, 4) is 33.8 Å². The van der Waals surface area contributed by atoms with Gasteiger partial charge in [0.1, 0.15) is 5.69 Å². The van der Waals surface area contributed by atoms with Crippen LogP contribution >= 0.6 is 11.3 Å². The lowest BCUT2D eigenvalue weighted by molar-refractivity contribution is 1.11. The third-order valence-corrected chi connectivity index (χ3v) is 5.86. The van der Waals surface area contributed by atoms with Crippen molar-refractivity contribution in [2.75, 3.05) is 0 Å². The first-order valence-electron chi connectivity index (χ1n) is 9.26. The van der Waals surface area contributed by atoms with Crippen LogP contribution in [0, 0.1) is 0 Å². The Morgan fingerprint density at radius 1 is 0.862 bits per heavy atom. The fourth-order valence-electron chi connectivity index (χ4n) is 3.75. The minimum absolute atomic E-state index is 0.894. The van der Waals surface area contributed by atoms with Crippen LogP contribution in [-0.4, -0.2) is 25.1 Å². The molecule has 0 saturated heterocycles. The average molecular weight is 393 g/mol. The maximum Gasteiger partial charge on any atom is 0.116 e. The Bertz CT molecular complexity index is 1450. The third kappa shape index (κ3) is 2.65. The molecule has 0 aliphatic rings. The first-order chi connectivity index (χ1) is 14.4. The SMILES string of the molecule is c1cc(-c2ccsc2)c2cc(-c3n[nH]c4cnc(-c5ccncc5)cc34)[nH]c2c1. The molecule has 0 aliphatic carbocycles. The molecular weight excluding hydrogens is 378 g/mol. The van der Waals surface area contributed by atoms with Crippen molar-refractivity contribution in [3.63, 3.8) is 0 Å². The van der Waals surface area contributed by atoms with Gasteiger partial charge in [-0.3, -0.25) is 15.1 Å². The van der Waals surface area contributed by atoms with E-state index in [-0.39, 0.29) is 0 Å². The molecule has 5 aromatic heterocycles. The van der Waals surface area contributed by atoms with E-state index in [1.165, 1.54) is 16.5 Å². The molecule has 0 spiro atoms. The molecule has 0 atom stereocenters. The van der Waals surface area contributed by atoms with Crippen LogP contribution in [0.5, 0.6) is 0 Å². The number of thiophene rings is 1. The van der Waals surface area contributed by atoms with E-state index in [4.69, 9.17) is 0 Å². The van der Waals surface area contributed by atoms with Gasteiger partial charge in [-0.25, -0.2) is 0 Å². The van der Waals surface area contributed by atoms with E-state index in [1.54, 1.807) is 23.7 Å². The predicted octanol–water partition coefficient (Wildman–Crippen LogP) is 5.90. The monoisotopic (exact) mass is 393 g/mol. The van der Waals surface area contributed by atoms with E-state index in [2.05, 4.69) is 72.3 Å². The fraction of sp³-hybridized carbons (Fsp3) is 0. The number of rotatable bonds is 3. The molecule has 2 N–H and O–H groups in total. The second-order valence-electron chi connectivity index (χ2n) is 6.89. The number of nitrogens with zero attached hydrogens (tertiary/aromatic N) is 3. The van der Waals surface area contributed by atoms with Crippen molar-refractivity contribution < 1.29 is 0 Å². The van der Waals surface area contributed by atoms with Gasteiger partial charge in [0.15, 0.2) is 0 Å². The quantitative estimate of drug-likeness (QED) is 0.393. The number of hydrogen-bond acceptors (Lipinski definition) is 4. The number of benzene rings is 1. The maximum atomic E-state index is 4.58. The zero-order valence-electron chi connectivity index (χ0n) is 15.3. The van der Waals surface area contributed by atoms with E-state index in [9.17, 15) is 0 Å². The highest BCUT2D eigenvalue weighted by Crippen LogP contribution is 2.35. The molecule has 0 unspecified atom stereocenters. The molecule has 5 nitrogen and oxygen atoms in total. The molecular formula is C23H15N5S. The summed E-state index contributed by atoms with van der Waals surface area (Å²) in [4.78, 5) is 12.2. The number of aromatic nitrogens is 5. The highest BCUT2D eigenvalue weighted by Gasteiger charge is 2.14. The first-order valence-corrected chi connectivity index (χ1v) is 10.2. The summed E-state index contributed by atoms with van der Waals surface area (Å²) >= 11 is 1.71. The van der Waals surface area contributed by atoms with Gasteiger partial charge < -0.3 is 4.98 Å². The van der Waals surface area contributed by atoms with E-state index < -0.39 is 0 Å². The second-order valence-corrected chi connectivity index (χ2v) is 7.67. The molecule has 6 heteroatoms. The lowest BCUT2D eigenvalue weighted by Gasteiger charge is -2.00. The van der Waals surface area contributed by atoms with Crippen molar-refractivity contribution in [2.24, 2.45) is 0 Å². The number of H-pyrrole nitrogens is 2. The Morgan fingerprint density at radius 3 is 2.66 bits per heavy atom. The van der Waals surface area contributed by atoms with Gasteiger partial charge in [-0.15, -0.1) is 0 Å². The molecule has 6 rings (SSSR count). The summed E-state index contributed by atoms with van der Waals surface area (Å²) in [6.45, 7) is 0. The maximum absolute atomic E-state index is 4.58. The standard InChI is InChI=1S/C23H15N5S/c1-2-16(15-6-9-29-13-15)17-10-21(26-19(17)3-1)23-18-11-20(14-4-7-24-8-5-14)25-12-22(18)27-28-23/h1-13,26H,(H,27,28). The Labute approximate surface area is 170 Å². The lowest BCUT2D eigenvalue weighted by Crippen LogP contribution is -1.84. The van der Waals surface area contributed by atoms with Gasteiger partial charge in [0, 0.05) is 34.2 Å². The second kappa shape index (κ2) is 6.39. The molecule has 0 amide bonds. The van der Waals surface area contributed by atoms with Gasteiger partial charge >= 0.3 is 0 Å². The normalized spacial score (nSPS) is 11.4. The van der Waals surface area contributed by atoms with Crippen LogP contribution in [0.2, 0.25) is 0 Å². The number of nitrogens with one attached hydrogen (secondary N) is 2. The van der Waals surface area contributed by atoms with E-state index in [0.717, 1.165) is 39.1 Å². The van der Waals surface area contributed by atoms with Crippen molar-refractivity contribution >= 4 is 33.1 Å². The minimum atomic E-state index is 0.894. The molecule has 6 aromatic rings. The largest absolute Gasteiger partial charge is 0.353 e. The molecule has 0 saturated carbocycles. The van der Waals surface area contributed by atoms with Gasteiger partial charge in [-0.05, 0) is 58.3 Å². The van der Waals surface area contributed by atoms with Gasteiger partial charge in [-0.1, -0.05) is 12.1 Å². The first kappa shape index (κ1) is 16.2. The van der Waals surface area contributed by atoms with Gasteiger partial charge in [0.05, 0.1) is 23.1 Å². The van der Waals surface area contributed by atoms with Crippen LogP contribution < -0.4 is 0 Å². The third-order valence-electron chi connectivity index (χ3n) is 5.17. The Kier molecular flexibility index (Phi) is 3.57. The molecule has 0 radical (unpaired) electrons. The van der Waals surface area contributed by atoms with Crippen molar-refractivity contribution in [1.29, 1.82) is 0 Å². The topological polar surface area (TPSA) is 70.2 Å². The van der Waals surface area contributed by atoms with Crippen molar-refractivity contribution in [1.82, 2.24) is 25.1 Å². The Morgan fingerprint density at radius 2 is 1.79 bits per heavy atom. The average Bonchev–Trinajstić information content (AvgIpc) is 3.52. The van der Waals surface area contributed by atoms with Crippen LogP contribution in [0.3, 0.4) is 0 Å². The summed E-state index contributed by atoms with van der Waals surface area (Å²) in [5.41, 5.74) is 8.29. The summed E-state index contributed by atoms with van der Waals surface area (Å²) in [5.74, 6) is 0. The molecule has 29 heavy (non-hydrogen) atoms. The van der Waals surface area contributed by atoms with Crippen LogP contribution in [0.15, 0.2) is 77.9 Å². The van der Waals surface area contributed by atoms with Crippen LogP contribution in [-0.2, 0) is 0 Å². The minimum Gasteiger partial charge on any atom is -0.353 e. The highest BCUT2D eigenvalue weighted by atomic mass is 32.1. The summed E-state index contributed by atoms with van der Waals surface area (Å²) in [6.07, 6.45) is 5.39. The number of fused-ring (bicyclic) bond motifs is 2. The van der Waals surface area contributed by atoms with Crippen LogP contribution in [0.25, 0.3) is 55.6 Å². The van der Waals surface area contributed by atoms with Gasteiger partial charge in [-0.2, -0.15) is 16.4 Å². The number of hydrogen-bond donors (Lipinski definition) is 2. The van der Waals surface area contributed by atoms with Crippen molar-refractivity contribution in [3.05, 3.63) is 77.9 Å². The zero-order chi connectivity index (χ0) is 19.2. The molecule has 0 aliphatic heterocycles. The zero-order valence-corrected chi connectivity index (χ0v) is 16.1. The van der Waals surface area contributed by atoms with E-state index in [1.807, 2.05) is 18.3 Å². The van der Waals surface area contributed by atoms with Crippen molar-refractivity contribution in [2.45, 2.75) is 0 Å². The molecule has 0 bridgehead atoms. The number of aromatic amines is 2. The summed E-state index contributed by atoms with van der Waals surface area (Å²) in [6, 6.07) is 16.7. The van der Waals surface area contributed by atoms with E-state index >= 15 is 0 Å². The fourth-order valence-corrected chi connectivity index (χ4v) is 4.41.